The highest BCUT2D eigenvalue weighted by atomic mass is 16.5. The molecular formula is C17H17NO2. The number of phenolic OH excluding ortho intramolecular Hbond substituents is 1. The molecule has 2 aromatic rings. The lowest BCUT2D eigenvalue weighted by Crippen LogP contribution is -2.06. The van der Waals surface area contributed by atoms with Crippen LogP contribution in [0.5, 0.6) is 11.5 Å². The molecule has 2 rings (SSSR count). The van der Waals surface area contributed by atoms with Crippen LogP contribution in [0, 0.1) is 11.3 Å². The van der Waals surface area contributed by atoms with E-state index in [-0.39, 0.29) is 11.9 Å². The number of rotatable bonds is 4. The van der Waals surface area contributed by atoms with Crippen LogP contribution in [0.3, 0.4) is 0 Å². The van der Waals surface area contributed by atoms with Crippen molar-refractivity contribution in [2.75, 3.05) is 0 Å². The van der Waals surface area contributed by atoms with E-state index in [1.165, 1.54) is 6.07 Å². The van der Waals surface area contributed by atoms with Crippen LogP contribution in [0.4, 0.5) is 0 Å². The summed E-state index contributed by atoms with van der Waals surface area (Å²) in [6, 6.07) is 14.7. The van der Waals surface area contributed by atoms with E-state index in [1.807, 2.05) is 31.2 Å². The van der Waals surface area contributed by atoms with Crippen LogP contribution in [0.25, 0.3) is 0 Å². The largest absolute Gasteiger partial charge is 0.508 e. The Labute approximate surface area is 119 Å². The van der Waals surface area contributed by atoms with E-state index < -0.39 is 0 Å². The van der Waals surface area contributed by atoms with Gasteiger partial charge in [0.2, 0.25) is 0 Å². The molecule has 0 fully saturated rings. The lowest BCUT2D eigenvalue weighted by molar-refractivity contribution is 0.224. The molecule has 0 saturated carbocycles. The molecule has 102 valence electrons. The third-order valence-corrected chi connectivity index (χ3v) is 3.25. The van der Waals surface area contributed by atoms with Crippen LogP contribution in [0.15, 0.2) is 42.5 Å². The van der Waals surface area contributed by atoms with Gasteiger partial charge in [-0.3, -0.25) is 0 Å². The van der Waals surface area contributed by atoms with Crippen molar-refractivity contribution in [1.29, 1.82) is 5.26 Å². The summed E-state index contributed by atoms with van der Waals surface area (Å²) in [5.41, 5.74) is 2.35. The van der Waals surface area contributed by atoms with Gasteiger partial charge in [0.1, 0.15) is 17.6 Å². The molecule has 2 aromatic carbocycles. The number of benzene rings is 2. The number of hydrogen-bond acceptors (Lipinski definition) is 3. The average molecular weight is 267 g/mol. The zero-order chi connectivity index (χ0) is 14.5. The Morgan fingerprint density at radius 3 is 2.70 bits per heavy atom. The first-order valence-electron chi connectivity index (χ1n) is 6.63. The molecule has 1 unspecified atom stereocenters. The van der Waals surface area contributed by atoms with Crippen molar-refractivity contribution in [3.05, 3.63) is 59.2 Å². The summed E-state index contributed by atoms with van der Waals surface area (Å²) in [6.07, 6.45) is 0.641. The second kappa shape index (κ2) is 6.12. The molecule has 0 radical (unpaired) electrons. The third-order valence-electron chi connectivity index (χ3n) is 3.25. The van der Waals surface area contributed by atoms with Gasteiger partial charge in [0, 0.05) is 5.56 Å². The smallest absolute Gasteiger partial charge is 0.123 e. The Balaban J connectivity index is 2.29. The maximum absolute atomic E-state index is 9.43. The highest BCUT2D eigenvalue weighted by Crippen LogP contribution is 2.28. The van der Waals surface area contributed by atoms with Crippen molar-refractivity contribution >= 4 is 0 Å². The summed E-state index contributed by atoms with van der Waals surface area (Å²) >= 11 is 0. The normalized spacial score (nSPS) is 11.7. The maximum atomic E-state index is 9.43. The Kier molecular flexibility index (Phi) is 4.27. The van der Waals surface area contributed by atoms with Crippen LogP contribution in [-0.4, -0.2) is 5.11 Å². The molecule has 0 spiro atoms. The second-order valence-corrected chi connectivity index (χ2v) is 4.60. The molecule has 0 amide bonds. The van der Waals surface area contributed by atoms with Gasteiger partial charge in [-0.2, -0.15) is 5.26 Å². The van der Waals surface area contributed by atoms with Crippen molar-refractivity contribution in [2.24, 2.45) is 0 Å². The van der Waals surface area contributed by atoms with Crippen molar-refractivity contribution < 1.29 is 9.84 Å². The molecular weight excluding hydrogens is 250 g/mol. The molecule has 0 aromatic heterocycles. The van der Waals surface area contributed by atoms with E-state index in [1.54, 1.807) is 12.1 Å². The molecule has 3 heteroatoms. The van der Waals surface area contributed by atoms with E-state index in [9.17, 15) is 5.11 Å². The van der Waals surface area contributed by atoms with Gasteiger partial charge in [-0.05, 0) is 37.1 Å². The van der Waals surface area contributed by atoms with Gasteiger partial charge >= 0.3 is 0 Å². The van der Waals surface area contributed by atoms with Crippen molar-refractivity contribution in [3.63, 3.8) is 0 Å². The fourth-order valence-corrected chi connectivity index (χ4v) is 2.16. The molecule has 0 aliphatic rings. The Morgan fingerprint density at radius 2 is 2.00 bits per heavy atom. The van der Waals surface area contributed by atoms with Gasteiger partial charge in [-0.25, -0.2) is 0 Å². The van der Waals surface area contributed by atoms with E-state index in [0.29, 0.717) is 5.56 Å². The van der Waals surface area contributed by atoms with Crippen LogP contribution in [-0.2, 0) is 6.42 Å². The minimum absolute atomic E-state index is 0.0893. The zero-order valence-electron chi connectivity index (χ0n) is 11.6. The lowest BCUT2D eigenvalue weighted by Gasteiger charge is -2.18. The van der Waals surface area contributed by atoms with Gasteiger partial charge < -0.3 is 9.84 Å². The third kappa shape index (κ3) is 2.92. The summed E-state index contributed by atoms with van der Waals surface area (Å²) in [4.78, 5) is 0. The van der Waals surface area contributed by atoms with Gasteiger partial charge in [-0.1, -0.05) is 31.2 Å². The van der Waals surface area contributed by atoms with Crippen LogP contribution in [0.1, 0.15) is 36.6 Å². The highest BCUT2D eigenvalue weighted by Gasteiger charge is 2.14. The van der Waals surface area contributed by atoms with Crippen LogP contribution in [0.2, 0.25) is 0 Å². The summed E-state index contributed by atoms with van der Waals surface area (Å²) in [6.45, 7) is 3.98. The fraction of sp³-hybridized carbons (Fsp3) is 0.235. The summed E-state index contributed by atoms with van der Waals surface area (Å²) in [5.74, 6) is 0.922. The summed E-state index contributed by atoms with van der Waals surface area (Å²) in [5, 5.41) is 18.6. The standard InChI is InChI=1S/C17H17NO2/c1-3-13-6-4-5-7-17(13)20-12(2)16-9-8-15(19)10-14(16)11-18/h4-10,12,19H,3H2,1-2H3. The van der Waals surface area contributed by atoms with Gasteiger partial charge in [0.15, 0.2) is 0 Å². The molecule has 0 aliphatic heterocycles. The number of aromatic hydroxyl groups is 1. The maximum Gasteiger partial charge on any atom is 0.123 e. The SMILES string of the molecule is CCc1ccccc1OC(C)c1ccc(O)cc1C#N. The number of aryl methyl sites for hydroxylation is 1. The molecule has 1 N–H and O–H groups in total. The van der Waals surface area contributed by atoms with Gasteiger partial charge in [-0.15, -0.1) is 0 Å². The molecule has 0 saturated heterocycles. The van der Waals surface area contributed by atoms with Crippen molar-refractivity contribution in [3.8, 4) is 17.6 Å². The van der Waals surface area contributed by atoms with E-state index in [0.717, 1.165) is 23.3 Å². The van der Waals surface area contributed by atoms with Crippen molar-refractivity contribution in [2.45, 2.75) is 26.4 Å². The van der Waals surface area contributed by atoms with Gasteiger partial charge in [0.05, 0.1) is 11.6 Å². The second-order valence-electron chi connectivity index (χ2n) is 4.60. The number of ether oxygens (including phenoxy) is 1. The number of phenols is 1. The summed E-state index contributed by atoms with van der Waals surface area (Å²) in [7, 11) is 0. The topological polar surface area (TPSA) is 53.2 Å². The fourth-order valence-electron chi connectivity index (χ4n) is 2.16. The molecule has 1 atom stereocenters. The van der Waals surface area contributed by atoms with Crippen molar-refractivity contribution in [1.82, 2.24) is 0 Å². The molecule has 0 aliphatic carbocycles. The minimum atomic E-state index is -0.252. The zero-order valence-corrected chi connectivity index (χ0v) is 11.6. The van der Waals surface area contributed by atoms with Gasteiger partial charge in [0.25, 0.3) is 0 Å². The number of nitriles is 1. The predicted octanol–water partition coefficient (Wildman–Crippen LogP) is 3.97. The number of nitrogens with zero attached hydrogens (tertiary/aromatic N) is 1. The molecule has 3 nitrogen and oxygen atoms in total. The molecule has 0 heterocycles. The quantitative estimate of drug-likeness (QED) is 0.912. The van der Waals surface area contributed by atoms with Crippen LogP contribution >= 0.6 is 0 Å². The van der Waals surface area contributed by atoms with Crippen LogP contribution < -0.4 is 4.74 Å². The first kappa shape index (κ1) is 14.0. The molecule has 20 heavy (non-hydrogen) atoms. The Hall–Kier alpha value is -2.47. The predicted molar refractivity (Wildman–Crippen MR) is 77.7 cm³/mol. The van der Waals surface area contributed by atoms with E-state index >= 15 is 0 Å². The lowest BCUT2D eigenvalue weighted by atomic mass is 10.0. The first-order chi connectivity index (χ1) is 9.65. The van der Waals surface area contributed by atoms with E-state index in [4.69, 9.17) is 10.00 Å². The monoisotopic (exact) mass is 267 g/mol. The Bertz CT molecular complexity index is 644. The minimum Gasteiger partial charge on any atom is -0.508 e. The number of para-hydroxylation sites is 1. The Morgan fingerprint density at radius 1 is 1.25 bits per heavy atom. The first-order valence-corrected chi connectivity index (χ1v) is 6.63. The molecule has 0 bridgehead atoms. The summed E-state index contributed by atoms with van der Waals surface area (Å²) < 4.78 is 5.97. The number of hydrogen-bond donors (Lipinski definition) is 1. The van der Waals surface area contributed by atoms with E-state index in [2.05, 4.69) is 13.0 Å². The average Bonchev–Trinajstić information content (AvgIpc) is 2.47. The highest BCUT2D eigenvalue weighted by molar-refractivity contribution is 5.44.